The Labute approximate surface area is 65.3 Å². The monoisotopic (exact) mass is 156 g/mol. The van der Waals surface area contributed by atoms with E-state index in [0.29, 0.717) is 6.42 Å². The molecule has 2 unspecified atom stereocenters. The summed E-state index contributed by atoms with van der Waals surface area (Å²) in [6.45, 7) is 1.81. The van der Waals surface area contributed by atoms with Crippen molar-refractivity contribution in [2.45, 2.75) is 19.4 Å². The molecule has 2 N–H and O–H groups in total. The second kappa shape index (κ2) is 3.00. The van der Waals surface area contributed by atoms with E-state index in [0.717, 1.165) is 0 Å². The molecule has 0 radical (unpaired) electrons. The van der Waals surface area contributed by atoms with Crippen molar-refractivity contribution in [3.8, 4) is 0 Å². The summed E-state index contributed by atoms with van der Waals surface area (Å²) in [5, 5.41) is 5.21. The fourth-order valence-corrected chi connectivity index (χ4v) is 1.21. The average molecular weight is 156 g/mol. The molecule has 2 amide bonds. The first-order valence-corrected chi connectivity index (χ1v) is 3.66. The van der Waals surface area contributed by atoms with Crippen LogP contribution in [0.4, 0.5) is 0 Å². The Morgan fingerprint density at radius 3 is 2.73 bits per heavy atom. The first kappa shape index (κ1) is 8.20. The molecule has 0 spiro atoms. The van der Waals surface area contributed by atoms with Gasteiger partial charge in [0.2, 0.25) is 11.8 Å². The van der Waals surface area contributed by atoms with Gasteiger partial charge < -0.3 is 5.32 Å². The molecular formula is C7H12N2O2. The van der Waals surface area contributed by atoms with E-state index in [4.69, 9.17) is 0 Å². The zero-order chi connectivity index (χ0) is 8.43. The molecule has 1 aliphatic rings. The molecule has 1 aliphatic heterocycles. The van der Waals surface area contributed by atoms with Gasteiger partial charge in [0.25, 0.3) is 0 Å². The van der Waals surface area contributed by atoms with E-state index < -0.39 is 0 Å². The fraction of sp³-hybridized carbons (Fsp3) is 0.714. The first-order valence-electron chi connectivity index (χ1n) is 3.66. The van der Waals surface area contributed by atoms with Crippen LogP contribution in [0.2, 0.25) is 0 Å². The van der Waals surface area contributed by atoms with Crippen LogP contribution < -0.4 is 10.6 Å². The molecule has 0 aliphatic carbocycles. The molecule has 0 saturated carbocycles. The third kappa shape index (κ3) is 1.57. The lowest BCUT2D eigenvalue weighted by atomic mass is 9.94. The highest BCUT2D eigenvalue weighted by Crippen LogP contribution is 2.11. The molecule has 11 heavy (non-hydrogen) atoms. The van der Waals surface area contributed by atoms with Crippen LogP contribution in [0.5, 0.6) is 0 Å². The Hall–Kier alpha value is -0.900. The van der Waals surface area contributed by atoms with E-state index in [1.54, 1.807) is 7.05 Å². The first-order chi connectivity index (χ1) is 5.15. The van der Waals surface area contributed by atoms with Crippen LogP contribution in [0.3, 0.4) is 0 Å². The van der Waals surface area contributed by atoms with Crippen LogP contribution in [-0.2, 0) is 9.59 Å². The number of carbonyl (C=O) groups excluding carboxylic acids is 2. The number of carbonyl (C=O) groups is 2. The van der Waals surface area contributed by atoms with Crippen molar-refractivity contribution >= 4 is 11.8 Å². The van der Waals surface area contributed by atoms with Gasteiger partial charge in [-0.3, -0.25) is 14.9 Å². The van der Waals surface area contributed by atoms with Gasteiger partial charge in [-0.2, -0.15) is 0 Å². The highest BCUT2D eigenvalue weighted by atomic mass is 16.2. The maximum absolute atomic E-state index is 11.0. The molecule has 1 rings (SSSR count). The van der Waals surface area contributed by atoms with Crippen molar-refractivity contribution < 1.29 is 9.59 Å². The van der Waals surface area contributed by atoms with Crippen LogP contribution >= 0.6 is 0 Å². The summed E-state index contributed by atoms with van der Waals surface area (Å²) in [7, 11) is 1.76. The Kier molecular flexibility index (Phi) is 2.24. The lowest BCUT2D eigenvalue weighted by Crippen LogP contribution is -2.51. The number of amides is 2. The molecule has 0 aromatic carbocycles. The van der Waals surface area contributed by atoms with E-state index >= 15 is 0 Å². The summed E-state index contributed by atoms with van der Waals surface area (Å²) in [6, 6.07) is -0.00347. The predicted octanol–water partition coefficient (Wildman–Crippen LogP) is -0.743. The van der Waals surface area contributed by atoms with Gasteiger partial charge in [-0.25, -0.2) is 0 Å². The number of rotatable bonds is 1. The van der Waals surface area contributed by atoms with Crippen LogP contribution in [-0.4, -0.2) is 24.9 Å². The Bertz CT molecular complexity index is 191. The molecule has 1 fully saturated rings. The van der Waals surface area contributed by atoms with Crippen molar-refractivity contribution in [1.29, 1.82) is 0 Å². The van der Waals surface area contributed by atoms with Crippen LogP contribution in [0.1, 0.15) is 13.3 Å². The highest BCUT2D eigenvalue weighted by Gasteiger charge is 2.30. The van der Waals surface area contributed by atoms with Gasteiger partial charge in [-0.1, -0.05) is 6.92 Å². The molecule has 0 bridgehead atoms. The zero-order valence-corrected chi connectivity index (χ0v) is 6.68. The van der Waals surface area contributed by atoms with Gasteiger partial charge >= 0.3 is 0 Å². The second-order valence-corrected chi connectivity index (χ2v) is 2.80. The van der Waals surface area contributed by atoms with Crippen molar-refractivity contribution in [3.63, 3.8) is 0 Å². The normalized spacial score (nSPS) is 31.8. The van der Waals surface area contributed by atoms with Crippen molar-refractivity contribution in [2.24, 2.45) is 5.92 Å². The third-order valence-corrected chi connectivity index (χ3v) is 2.06. The van der Waals surface area contributed by atoms with Gasteiger partial charge in [0.15, 0.2) is 0 Å². The number of hydrogen-bond donors (Lipinski definition) is 2. The minimum atomic E-state index is -0.188. The Morgan fingerprint density at radius 2 is 2.18 bits per heavy atom. The van der Waals surface area contributed by atoms with Gasteiger partial charge in [-0.15, -0.1) is 0 Å². The standard InChI is InChI=1S/C7H12N2O2/c1-4-5(8-2)3-6(10)9-7(4)11/h4-5,8H,3H2,1-2H3,(H,9,10,11). The Morgan fingerprint density at radius 1 is 1.55 bits per heavy atom. The molecule has 0 aromatic rings. The van der Waals surface area contributed by atoms with Crippen molar-refractivity contribution in [1.82, 2.24) is 10.6 Å². The van der Waals surface area contributed by atoms with E-state index in [1.807, 2.05) is 6.92 Å². The summed E-state index contributed by atoms with van der Waals surface area (Å²) in [5.41, 5.74) is 0. The van der Waals surface area contributed by atoms with Gasteiger partial charge in [0, 0.05) is 12.5 Å². The molecule has 1 heterocycles. The summed E-state index contributed by atoms with van der Waals surface area (Å²) >= 11 is 0. The summed E-state index contributed by atoms with van der Waals surface area (Å²) in [6.07, 6.45) is 0.392. The maximum atomic E-state index is 11.0. The number of nitrogens with one attached hydrogen (secondary N) is 2. The topological polar surface area (TPSA) is 58.2 Å². The second-order valence-electron chi connectivity index (χ2n) is 2.80. The number of piperidine rings is 1. The maximum Gasteiger partial charge on any atom is 0.230 e. The lowest BCUT2D eigenvalue weighted by molar-refractivity contribution is -0.137. The molecule has 4 heteroatoms. The Balaban J connectivity index is 2.66. The van der Waals surface area contributed by atoms with Crippen LogP contribution in [0.25, 0.3) is 0 Å². The predicted molar refractivity (Wildman–Crippen MR) is 39.8 cm³/mol. The zero-order valence-electron chi connectivity index (χ0n) is 6.68. The summed E-state index contributed by atoms with van der Waals surface area (Å²) < 4.78 is 0. The largest absolute Gasteiger partial charge is 0.316 e. The van der Waals surface area contributed by atoms with E-state index in [2.05, 4.69) is 10.6 Å². The van der Waals surface area contributed by atoms with E-state index in [9.17, 15) is 9.59 Å². The van der Waals surface area contributed by atoms with Gasteiger partial charge in [0.05, 0.1) is 5.92 Å². The molecule has 4 nitrogen and oxygen atoms in total. The number of hydrogen-bond acceptors (Lipinski definition) is 3. The summed E-state index contributed by atoms with van der Waals surface area (Å²) in [4.78, 5) is 21.8. The SMILES string of the molecule is CNC1CC(=O)NC(=O)C1C. The smallest absolute Gasteiger partial charge is 0.230 e. The van der Waals surface area contributed by atoms with E-state index in [1.165, 1.54) is 0 Å². The quantitative estimate of drug-likeness (QED) is 0.491. The van der Waals surface area contributed by atoms with Gasteiger partial charge in [0.1, 0.15) is 0 Å². The van der Waals surface area contributed by atoms with E-state index in [-0.39, 0.29) is 23.8 Å². The minimum absolute atomic E-state index is 0.00347. The van der Waals surface area contributed by atoms with Crippen LogP contribution in [0.15, 0.2) is 0 Å². The fourth-order valence-electron chi connectivity index (χ4n) is 1.21. The van der Waals surface area contributed by atoms with Crippen molar-refractivity contribution in [3.05, 3.63) is 0 Å². The molecule has 1 saturated heterocycles. The number of imide groups is 1. The molecule has 0 aromatic heterocycles. The van der Waals surface area contributed by atoms with Gasteiger partial charge in [-0.05, 0) is 7.05 Å². The lowest BCUT2D eigenvalue weighted by Gasteiger charge is -2.26. The van der Waals surface area contributed by atoms with Crippen molar-refractivity contribution in [2.75, 3.05) is 7.05 Å². The molecule has 2 atom stereocenters. The highest BCUT2D eigenvalue weighted by molar-refractivity contribution is 5.99. The third-order valence-electron chi connectivity index (χ3n) is 2.06. The average Bonchev–Trinajstić information content (AvgIpc) is 1.96. The molecular weight excluding hydrogens is 144 g/mol. The summed E-state index contributed by atoms with van der Waals surface area (Å²) in [5.74, 6) is -0.481. The molecule has 62 valence electrons. The minimum Gasteiger partial charge on any atom is -0.316 e. The van der Waals surface area contributed by atoms with Crippen LogP contribution in [0, 0.1) is 5.92 Å².